The number of pyridine rings is 1. The number of nitriles is 1. The Labute approximate surface area is 149 Å². The molecule has 112 valence electrons. The fourth-order valence-corrected chi connectivity index (χ4v) is 2.18. The van der Waals surface area contributed by atoms with E-state index in [0.29, 0.717) is 16.8 Å². The minimum atomic E-state index is -0.0820. The topological polar surface area (TPSA) is 69.5 Å². The molecule has 0 saturated carbocycles. The van der Waals surface area contributed by atoms with Gasteiger partial charge in [0.25, 0.3) is 0 Å². The molecule has 0 bridgehead atoms. The van der Waals surface area contributed by atoms with E-state index in [0.717, 1.165) is 10.9 Å². The molecular formula is C18H13N3OW. The van der Waals surface area contributed by atoms with Crippen LogP contribution >= 0.6 is 0 Å². The van der Waals surface area contributed by atoms with Gasteiger partial charge in [-0.25, -0.2) is 16.3 Å². The maximum Gasteiger partial charge on any atom is 2.00 e. The van der Waals surface area contributed by atoms with Crippen molar-refractivity contribution in [2.45, 2.75) is 0 Å². The normalized spacial score (nSPS) is 9.87. The molecule has 0 spiro atoms. The maximum atomic E-state index is 12.6. The molecule has 3 aromatic rings. The van der Waals surface area contributed by atoms with Crippen LogP contribution in [0.4, 0.5) is 0 Å². The number of rotatable bonds is 3. The quantitative estimate of drug-likeness (QED) is 0.361. The van der Waals surface area contributed by atoms with Gasteiger partial charge in [-0.15, -0.1) is 12.1 Å². The molecule has 0 unspecified atom stereocenters. The molecule has 0 saturated heterocycles. The van der Waals surface area contributed by atoms with E-state index in [-0.39, 0.29) is 34.3 Å². The number of carbonyl (C=O) groups excluding carboxylic acids is 1. The third-order valence-corrected chi connectivity index (χ3v) is 3.15. The summed E-state index contributed by atoms with van der Waals surface area (Å²) in [6, 6.07) is 12.6. The summed E-state index contributed by atoms with van der Waals surface area (Å²) in [5, 5.41) is 9.30. The number of fused-ring (bicyclic) bond motifs is 1. The summed E-state index contributed by atoms with van der Waals surface area (Å²) in [5.41, 5.74) is 2.60. The predicted molar refractivity (Wildman–Crippen MR) is 85.7 cm³/mol. The molecule has 0 amide bonds. The molecule has 5 heteroatoms. The zero-order valence-electron chi connectivity index (χ0n) is 12.4. The zero-order valence-corrected chi connectivity index (χ0v) is 15.3. The zero-order chi connectivity index (χ0) is 14.7. The molecule has 2 heterocycles. The molecule has 0 aliphatic carbocycles. The SMILES string of the molecule is N#C[C-]=Cc1cccc(C(=O)c2c[nH]c3ncccc23)c1.[CH3-].[W+2]. The smallest absolute Gasteiger partial charge is 0.358 e. The third kappa shape index (κ3) is 3.83. The summed E-state index contributed by atoms with van der Waals surface area (Å²) in [6.07, 6.45) is 7.34. The largest absolute Gasteiger partial charge is 2.00 e. The van der Waals surface area contributed by atoms with Crippen LogP contribution in [0.3, 0.4) is 0 Å². The molecule has 2 aromatic heterocycles. The molecule has 0 aliphatic rings. The van der Waals surface area contributed by atoms with E-state index < -0.39 is 0 Å². The van der Waals surface area contributed by atoms with Crippen molar-refractivity contribution in [2.24, 2.45) is 0 Å². The number of ketones is 1. The van der Waals surface area contributed by atoms with Crippen LogP contribution in [0.5, 0.6) is 0 Å². The van der Waals surface area contributed by atoms with Gasteiger partial charge in [-0.1, -0.05) is 12.1 Å². The molecule has 0 radical (unpaired) electrons. The molecule has 3 rings (SSSR count). The number of hydrogen-bond acceptors (Lipinski definition) is 3. The molecule has 0 aliphatic heterocycles. The van der Waals surface area contributed by atoms with Crippen LogP contribution in [0.1, 0.15) is 21.5 Å². The van der Waals surface area contributed by atoms with E-state index in [9.17, 15) is 4.79 Å². The Morgan fingerprint density at radius 2 is 2.13 bits per heavy atom. The second-order valence-corrected chi connectivity index (χ2v) is 4.46. The van der Waals surface area contributed by atoms with E-state index in [1.165, 1.54) is 0 Å². The van der Waals surface area contributed by atoms with Crippen LogP contribution < -0.4 is 0 Å². The summed E-state index contributed by atoms with van der Waals surface area (Å²) in [4.78, 5) is 19.8. The fourth-order valence-electron chi connectivity index (χ4n) is 2.18. The van der Waals surface area contributed by atoms with E-state index in [1.54, 1.807) is 42.7 Å². The van der Waals surface area contributed by atoms with Gasteiger partial charge in [0.1, 0.15) is 5.65 Å². The molecule has 0 atom stereocenters. The monoisotopic (exact) mass is 471 g/mol. The Morgan fingerprint density at radius 1 is 1.30 bits per heavy atom. The third-order valence-electron chi connectivity index (χ3n) is 3.15. The molecule has 1 aromatic carbocycles. The van der Waals surface area contributed by atoms with Crippen molar-refractivity contribution in [3.63, 3.8) is 0 Å². The van der Waals surface area contributed by atoms with Gasteiger partial charge < -0.3 is 12.4 Å². The molecule has 0 fully saturated rings. The minimum Gasteiger partial charge on any atom is -0.358 e. The van der Waals surface area contributed by atoms with Gasteiger partial charge in [0.05, 0.1) is 0 Å². The Balaban J connectivity index is 0.00000132. The maximum absolute atomic E-state index is 12.6. The van der Waals surface area contributed by atoms with E-state index in [4.69, 9.17) is 5.26 Å². The molecule has 23 heavy (non-hydrogen) atoms. The summed E-state index contributed by atoms with van der Waals surface area (Å²) in [5.74, 6) is -0.0820. The average Bonchev–Trinajstić information content (AvgIpc) is 2.96. The van der Waals surface area contributed by atoms with E-state index in [2.05, 4.69) is 16.0 Å². The number of aromatic nitrogens is 2. The second-order valence-electron chi connectivity index (χ2n) is 4.46. The van der Waals surface area contributed by atoms with Gasteiger partial charge in [0.15, 0.2) is 5.78 Å². The van der Waals surface area contributed by atoms with Gasteiger partial charge in [0, 0.05) is 28.9 Å². The first kappa shape index (κ1) is 18.5. The van der Waals surface area contributed by atoms with Gasteiger partial charge in [-0.2, -0.15) is 11.6 Å². The van der Waals surface area contributed by atoms with Gasteiger partial charge >= 0.3 is 21.1 Å². The number of aromatic amines is 1. The van der Waals surface area contributed by atoms with Crippen LogP contribution in [0, 0.1) is 24.8 Å². The van der Waals surface area contributed by atoms with Crippen molar-refractivity contribution >= 4 is 22.9 Å². The Bertz CT molecular complexity index is 890. The Hall–Kier alpha value is -2.50. The average molecular weight is 471 g/mol. The van der Waals surface area contributed by atoms with Crippen molar-refractivity contribution in [3.8, 4) is 6.07 Å². The van der Waals surface area contributed by atoms with Gasteiger partial charge in [-0.05, 0) is 18.2 Å². The van der Waals surface area contributed by atoms with Crippen molar-refractivity contribution < 1.29 is 25.9 Å². The summed E-state index contributed by atoms with van der Waals surface area (Å²) >= 11 is 0. The minimum absolute atomic E-state index is 0. The molecule has 4 nitrogen and oxygen atoms in total. The number of H-pyrrole nitrogens is 1. The summed E-state index contributed by atoms with van der Waals surface area (Å²) in [7, 11) is 0. The first-order chi connectivity index (χ1) is 10.3. The number of allylic oxidation sites excluding steroid dienone is 1. The van der Waals surface area contributed by atoms with Gasteiger partial charge in [0.2, 0.25) is 0 Å². The van der Waals surface area contributed by atoms with Crippen molar-refractivity contribution in [1.29, 1.82) is 5.26 Å². The predicted octanol–water partition coefficient (Wildman–Crippen LogP) is 3.58. The van der Waals surface area contributed by atoms with Crippen LogP contribution in [-0.2, 0) is 21.1 Å². The Morgan fingerprint density at radius 3 is 2.91 bits per heavy atom. The summed E-state index contributed by atoms with van der Waals surface area (Å²) in [6.45, 7) is 0. The van der Waals surface area contributed by atoms with Crippen molar-refractivity contribution in [3.05, 3.63) is 79.0 Å². The Kier molecular flexibility index (Phi) is 6.62. The molecular weight excluding hydrogens is 458 g/mol. The van der Waals surface area contributed by atoms with E-state index >= 15 is 0 Å². The van der Waals surface area contributed by atoms with Crippen molar-refractivity contribution in [2.75, 3.05) is 0 Å². The van der Waals surface area contributed by atoms with Crippen molar-refractivity contribution in [1.82, 2.24) is 9.97 Å². The fraction of sp³-hybridized carbons (Fsp3) is 0. The first-order valence-corrected chi connectivity index (χ1v) is 6.34. The second kappa shape index (κ2) is 8.22. The number of carbonyl (C=O) groups is 1. The number of nitrogens with one attached hydrogen (secondary N) is 1. The number of nitrogens with zero attached hydrogens (tertiary/aromatic N) is 2. The standard InChI is InChI=1S/C17H10N3O.CH3.W/c18-8-2-5-12-4-1-6-13(10-12)16(21)15-11-20-17-14(15)7-3-9-19-17;;/h1,3-7,9-11H,(H,19,20);1H3;/q2*-1;+2. The van der Waals surface area contributed by atoms with Crippen LogP contribution in [0.2, 0.25) is 0 Å². The van der Waals surface area contributed by atoms with Crippen LogP contribution in [0.15, 0.2) is 48.8 Å². The van der Waals surface area contributed by atoms with E-state index in [1.807, 2.05) is 18.2 Å². The van der Waals surface area contributed by atoms with Crippen LogP contribution in [0.25, 0.3) is 17.1 Å². The summed E-state index contributed by atoms with van der Waals surface area (Å²) < 4.78 is 0. The number of benzene rings is 1. The van der Waals surface area contributed by atoms with Gasteiger partial charge in [-0.3, -0.25) is 4.79 Å². The van der Waals surface area contributed by atoms with Crippen LogP contribution in [-0.4, -0.2) is 15.8 Å². The first-order valence-electron chi connectivity index (χ1n) is 6.34. The number of hydrogen-bond donors (Lipinski definition) is 1. The molecule has 1 N–H and O–H groups in total.